The third-order valence-corrected chi connectivity index (χ3v) is 7.06. The maximum absolute atomic E-state index is 12.1. The molecule has 0 bridgehead atoms. The first kappa shape index (κ1) is 36.6. The minimum atomic E-state index is -0.766. The second kappa shape index (κ2) is 30.2. The molecule has 0 amide bonds. The molecule has 1 N–H and O–H groups in total. The molecule has 0 saturated heterocycles. The van der Waals surface area contributed by atoms with Crippen LogP contribution in [0.5, 0.6) is 0 Å². The zero-order valence-electron chi connectivity index (χ0n) is 25.2. The zero-order valence-corrected chi connectivity index (χ0v) is 25.2. The lowest BCUT2D eigenvalue weighted by Gasteiger charge is -2.15. The number of esters is 2. The number of hydrogen-bond acceptors (Lipinski definition) is 5. The normalized spacial score (nSPS) is 12.2. The van der Waals surface area contributed by atoms with Crippen molar-refractivity contribution in [3.63, 3.8) is 0 Å². The molecule has 0 rings (SSSR count). The molecule has 224 valence electrons. The molecule has 0 radical (unpaired) electrons. The Morgan fingerprint density at radius 1 is 0.579 bits per heavy atom. The van der Waals surface area contributed by atoms with E-state index in [9.17, 15) is 14.7 Å². The minimum Gasteiger partial charge on any atom is -0.462 e. The first-order chi connectivity index (χ1) is 18.6. The molecule has 38 heavy (non-hydrogen) atoms. The van der Waals surface area contributed by atoms with Gasteiger partial charge in [-0.15, -0.1) is 0 Å². The first-order valence-corrected chi connectivity index (χ1v) is 16.2. The average Bonchev–Trinajstić information content (AvgIpc) is 2.92. The highest BCUT2D eigenvalue weighted by Crippen LogP contribution is 2.12. The van der Waals surface area contributed by atoms with Gasteiger partial charge in [0, 0.05) is 12.8 Å². The van der Waals surface area contributed by atoms with Gasteiger partial charge < -0.3 is 14.6 Å². The lowest BCUT2D eigenvalue weighted by molar-refractivity contribution is -0.161. The van der Waals surface area contributed by atoms with Crippen LogP contribution in [0.1, 0.15) is 168 Å². The summed E-state index contributed by atoms with van der Waals surface area (Å²) in [7, 11) is 0. The van der Waals surface area contributed by atoms with Crippen LogP contribution in [0.4, 0.5) is 0 Å². The summed E-state index contributed by atoms with van der Waals surface area (Å²) in [5.74, 6) is -0.602. The van der Waals surface area contributed by atoms with Gasteiger partial charge in [-0.05, 0) is 38.5 Å². The van der Waals surface area contributed by atoms with Crippen LogP contribution in [-0.2, 0) is 19.1 Å². The van der Waals surface area contributed by atoms with E-state index in [2.05, 4.69) is 26.0 Å². The molecule has 0 saturated carbocycles. The summed E-state index contributed by atoms with van der Waals surface area (Å²) >= 11 is 0. The Balaban J connectivity index is 3.57. The lowest BCUT2D eigenvalue weighted by atomic mass is 10.1. The molecule has 0 spiro atoms. The molecule has 0 aliphatic rings. The number of carbonyl (C=O) groups is 2. The summed E-state index contributed by atoms with van der Waals surface area (Å²) in [4.78, 5) is 24.0. The Morgan fingerprint density at radius 3 is 1.42 bits per heavy atom. The minimum absolute atomic E-state index is 0.0649. The van der Waals surface area contributed by atoms with Crippen molar-refractivity contribution in [1.29, 1.82) is 0 Å². The van der Waals surface area contributed by atoms with E-state index in [4.69, 9.17) is 9.47 Å². The van der Waals surface area contributed by atoms with Gasteiger partial charge in [0.05, 0.1) is 6.61 Å². The Morgan fingerprint density at radius 2 is 0.974 bits per heavy atom. The summed E-state index contributed by atoms with van der Waals surface area (Å²) in [6.45, 7) is 4.08. The van der Waals surface area contributed by atoms with Crippen molar-refractivity contribution in [2.45, 2.75) is 174 Å². The van der Waals surface area contributed by atoms with Gasteiger partial charge in [0.1, 0.15) is 6.61 Å². The second-order valence-electron chi connectivity index (χ2n) is 10.9. The Hall–Kier alpha value is -1.36. The van der Waals surface area contributed by atoms with Gasteiger partial charge in [-0.1, -0.05) is 129 Å². The Labute approximate surface area is 235 Å². The van der Waals surface area contributed by atoms with Gasteiger partial charge in [-0.25, -0.2) is 0 Å². The fourth-order valence-corrected chi connectivity index (χ4v) is 4.55. The molecule has 0 heterocycles. The van der Waals surface area contributed by atoms with Gasteiger partial charge in [0.2, 0.25) is 0 Å². The van der Waals surface area contributed by atoms with Crippen LogP contribution in [0.25, 0.3) is 0 Å². The van der Waals surface area contributed by atoms with Crippen molar-refractivity contribution in [3.8, 4) is 0 Å². The predicted octanol–water partition coefficient (Wildman–Crippen LogP) is 9.39. The maximum atomic E-state index is 12.1. The molecular formula is C33H62O5. The molecular weight excluding hydrogens is 476 g/mol. The van der Waals surface area contributed by atoms with E-state index in [0.717, 1.165) is 44.9 Å². The molecule has 0 aromatic heterocycles. The van der Waals surface area contributed by atoms with Crippen molar-refractivity contribution >= 4 is 11.9 Å². The van der Waals surface area contributed by atoms with Crippen LogP contribution in [-0.4, -0.2) is 36.4 Å². The van der Waals surface area contributed by atoms with Crippen LogP contribution in [0.3, 0.4) is 0 Å². The molecule has 0 fully saturated rings. The van der Waals surface area contributed by atoms with Crippen LogP contribution < -0.4 is 0 Å². The van der Waals surface area contributed by atoms with E-state index in [1.54, 1.807) is 0 Å². The van der Waals surface area contributed by atoms with Crippen LogP contribution in [0.15, 0.2) is 12.2 Å². The van der Waals surface area contributed by atoms with E-state index < -0.39 is 6.10 Å². The first-order valence-electron chi connectivity index (χ1n) is 16.2. The second-order valence-corrected chi connectivity index (χ2v) is 10.9. The highest BCUT2D eigenvalue weighted by Gasteiger charge is 2.16. The topological polar surface area (TPSA) is 72.8 Å². The van der Waals surface area contributed by atoms with Gasteiger partial charge in [-0.3, -0.25) is 9.59 Å². The lowest BCUT2D eigenvalue weighted by Crippen LogP contribution is -2.28. The van der Waals surface area contributed by atoms with E-state index in [0.29, 0.717) is 12.8 Å². The van der Waals surface area contributed by atoms with E-state index in [-0.39, 0.29) is 25.2 Å². The molecule has 0 aliphatic heterocycles. The summed E-state index contributed by atoms with van der Waals surface area (Å²) < 4.78 is 10.5. The Kier molecular flexibility index (Phi) is 29.1. The van der Waals surface area contributed by atoms with Crippen molar-refractivity contribution in [1.82, 2.24) is 0 Å². The van der Waals surface area contributed by atoms with Crippen molar-refractivity contribution in [3.05, 3.63) is 12.2 Å². The molecule has 5 heteroatoms. The fourth-order valence-electron chi connectivity index (χ4n) is 4.55. The van der Waals surface area contributed by atoms with Crippen molar-refractivity contribution in [2.24, 2.45) is 0 Å². The van der Waals surface area contributed by atoms with E-state index in [1.807, 2.05) is 0 Å². The largest absolute Gasteiger partial charge is 0.462 e. The zero-order chi connectivity index (χ0) is 27.9. The van der Waals surface area contributed by atoms with Crippen LogP contribution in [0, 0.1) is 0 Å². The highest BCUT2D eigenvalue weighted by atomic mass is 16.6. The van der Waals surface area contributed by atoms with Gasteiger partial charge >= 0.3 is 11.9 Å². The predicted molar refractivity (Wildman–Crippen MR) is 159 cm³/mol. The highest BCUT2D eigenvalue weighted by molar-refractivity contribution is 5.70. The standard InChI is InChI=1S/C33H62O5/c1-3-5-7-9-11-13-14-15-16-17-18-19-20-22-24-26-28-33(36)38-31(29-34)30-37-32(35)27-25-23-21-12-10-8-6-4-2/h16-17,31,34H,3-15,18-30H2,1-2H3/b17-16-. The van der Waals surface area contributed by atoms with Gasteiger partial charge in [-0.2, -0.15) is 0 Å². The van der Waals surface area contributed by atoms with E-state index in [1.165, 1.54) is 96.3 Å². The van der Waals surface area contributed by atoms with Crippen LogP contribution in [0.2, 0.25) is 0 Å². The monoisotopic (exact) mass is 538 g/mol. The van der Waals surface area contributed by atoms with Crippen LogP contribution >= 0.6 is 0 Å². The van der Waals surface area contributed by atoms with E-state index >= 15 is 0 Å². The summed E-state index contributed by atoms with van der Waals surface area (Å²) in [5.41, 5.74) is 0. The molecule has 0 aliphatic carbocycles. The smallest absolute Gasteiger partial charge is 0.306 e. The number of hydrogen-bond donors (Lipinski definition) is 1. The third-order valence-electron chi connectivity index (χ3n) is 7.06. The third kappa shape index (κ3) is 27.7. The number of unbranched alkanes of at least 4 members (excludes halogenated alkanes) is 19. The maximum Gasteiger partial charge on any atom is 0.306 e. The summed E-state index contributed by atoms with van der Waals surface area (Å²) in [5, 5.41) is 9.46. The average molecular weight is 539 g/mol. The Bertz CT molecular complexity index is 546. The number of aliphatic hydroxyl groups excluding tert-OH is 1. The molecule has 1 atom stereocenters. The van der Waals surface area contributed by atoms with Crippen molar-refractivity contribution < 1.29 is 24.2 Å². The molecule has 0 aromatic rings. The summed E-state index contributed by atoms with van der Waals surface area (Å²) in [6.07, 6.45) is 31.3. The summed E-state index contributed by atoms with van der Waals surface area (Å²) in [6, 6.07) is 0. The number of ether oxygens (including phenoxy) is 2. The number of rotatable bonds is 29. The van der Waals surface area contributed by atoms with Gasteiger partial charge in [0.25, 0.3) is 0 Å². The molecule has 1 unspecified atom stereocenters. The number of aliphatic hydroxyl groups is 1. The van der Waals surface area contributed by atoms with Crippen molar-refractivity contribution in [2.75, 3.05) is 13.2 Å². The van der Waals surface area contributed by atoms with Gasteiger partial charge in [0.15, 0.2) is 6.10 Å². The quantitative estimate of drug-likeness (QED) is 0.0583. The number of allylic oxidation sites excluding steroid dienone is 2. The fraction of sp³-hybridized carbons (Fsp3) is 0.879. The molecule has 0 aromatic carbocycles. The number of carbonyl (C=O) groups excluding carboxylic acids is 2. The SMILES string of the molecule is CCCCCCCCC/C=C\CCCCCCCC(=O)OC(CO)COC(=O)CCCCCCCCCC. The molecule has 5 nitrogen and oxygen atoms in total.